The Morgan fingerprint density at radius 1 is 1.24 bits per heavy atom. The van der Waals surface area contributed by atoms with Crippen molar-refractivity contribution in [2.75, 3.05) is 47.5 Å². The Morgan fingerprint density at radius 2 is 2.00 bits per heavy atom. The summed E-state index contributed by atoms with van der Waals surface area (Å²) in [6.45, 7) is 5.90. The van der Waals surface area contributed by atoms with Crippen LogP contribution in [0.1, 0.15) is 12.0 Å². The first-order valence-electron chi connectivity index (χ1n) is 7.41. The molecule has 0 bridgehead atoms. The molecular weight excluding hydrogens is 268 g/mol. The average molecular weight is 294 g/mol. The Labute approximate surface area is 127 Å². The summed E-state index contributed by atoms with van der Waals surface area (Å²) in [5.41, 5.74) is 1.10. The van der Waals surface area contributed by atoms with Crippen LogP contribution in [-0.4, -0.2) is 58.5 Å². The first-order valence-corrected chi connectivity index (χ1v) is 7.41. The molecule has 1 heterocycles. The molecule has 1 aliphatic heterocycles. The number of methoxy groups -OCH3 is 2. The van der Waals surface area contributed by atoms with Gasteiger partial charge in [-0.05, 0) is 38.1 Å². The Morgan fingerprint density at radius 3 is 2.67 bits per heavy atom. The molecule has 1 saturated heterocycles. The molecule has 0 aliphatic carbocycles. The molecule has 21 heavy (non-hydrogen) atoms. The maximum Gasteiger partial charge on any atom is 0.203 e. The minimum absolute atomic E-state index is 0.487. The maximum atomic E-state index is 5.93. The summed E-state index contributed by atoms with van der Waals surface area (Å²) in [4.78, 5) is 2.34. The zero-order valence-electron chi connectivity index (χ0n) is 13.4. The van der Waals surface area contributed by atoms with Crippen molar-refractivity contribution in [3.63, 3.8) is 0 Å². The maximum absolute atomic E-state index is 5.93. The van der Waals surface area contributed by atoms with E-state index in [1.165, 1.54) is 0 Å². The molecule has 118 valence electrons. The molecule has 0 amide bonds. The van der Waals surface area contributed by atoms with E-state index in [1.54, 1.807) is 14.2 Å². The van der Waals surface area contributed by atoms with Gasteiger partial charge in [0.1, 0.15) is 0 Å². The summed E-state index contributed by atoms with van der Waals surface area (Å²) in [7, 11) is 5.43. The van der Waals surface area contributed by atoms with Gasteiger partial charge in [-0.1, -0.05) is 0 Å². The highest BCUT2D eigenvalue weighted by Crippen LogP contribution is 2.38. The fourth-order valence-electron chi connectivity index (χ4n) is 2.66. The third-order valence-electron chi connectivity index (χ3n) is 3.77. The predicted octanol–water partition coefficient (Wildman–Crippen LogP) is 1.68. The molecule has 1 aliphatic rings. The second kappa shape index (κ2) is 7.52. The fourth-order valence-corrected chi connectivity index (χ4v) is 2.66. The molecule has 0 spiro atoms. The summed E-state index contributed by atoms with van der Waals surface area (Å²) in [6, 6.07) is 4.42. The highest BCUT2D eigenvalue weighted by molar-refractivity contribution is 5.53. The van der Waals surface area contributed by atoms with E-state index in [1.807, 2.05) is 19.1 Å². The molecule has 5 nitrogen and oxygen atoms in total. The average Bonchev–Trinajstić information content (AvgIpc) is 2.46. The summed E-state index contributed by atoms with van der Waals surface area (Å²) in [6.07, 6.45) is 0.976. The monoisotopic (exact) mass is 294 g/mol. The molecule has 1 unspecified atom stereocenters. The van der Waals surface area contributed by atoms with Gasteiger partial charge in [-0.2, -0.15) is 0 Å². The molecule has 0 saturated carbocycles. The second-order valence-electron chi connectivity index (χ2n) is 5.55. The third-order valence-corrected chi connectivity index (χ3v) is 3.77. The molecule has 1 N–H and O–H groups in total. The minimum atomic E-state index is 0.487. The molecular formula is C16H26N2O3. The summed E-state index contributed by atoms with van der Waals surface area (Å²) in [5.74, 6) is 2.12. The topological polar surface area (TPSA) is 43.0 Å². The van der Waals surface area contributed by atoms with Crippen molar-refractivity contribution in [2.45, 2.75) is 19.4 Å². The summed E-state index contributed by atoms with van der Waals surface area (Å²) in [5, 5.41) is 3.52. The number of hydrogen-bond donors (Lipinski definition) is 1. The lowest BCUT2D eigenvalue weighted by Crippen LogP contribution is -2.49. The van der Waals surface area contributed by atoms with Crippen LogP contribution >= 0.6 is 0 Å². The van der Waals surface area contributed by atoms with Crippen molar-refractivity contribution in [3.05, 3.63) is 17.7 Å². The Hall–Kier alpha value is -1.46. The number of ether oxygens (including phenoxy) is 3. The lowest BCUT2D eigenvalue weighted by molar-refractivity contribution is 0.202. The van der Waals surface area contributed by atoms with E-state index >= 15 is 0 Å². The molecule has 5 heteroatoms. The van der Waals surface area contributed by atoms with Gasteiger partial charge < -0.3 is 24.4 Å². The number of piperazine rings is 1. The summed E-state index contributed by atoms with van der Waals surface area (Å²) < 4.78 is 16.7. The highest BCUT2D eigenvalue weighted by atomic mass is 16.5. The number of nitrogens with one attached hydrogen (secondary N) is 1. The van der Waals surface area contributed by atoms with Gasteiger partial charge in [0.25, 0.3) is 0 Å². The summed E-state index contributed by atoms with van der Waals surface area (Å²) >= 11 is 0. The van der Waals surface area contributed by atoms with Crippen LogP contribution in [-0.2, 0) is 0 Å². The van der Waals surface area contributed by atoms with Gasteiger partial charge in [0, 0.05) is 25.7 Å². The van der Waals surface area contributed by atoms with Crippen molar-refractivity contribution in [3.8, 4) is 17.2 Å². The van der Waals surface area contributed by atoms with Crippen LogP contribution in [0.15, 0.2) is 12.1 Å². The lowest BCUT2D eigenvalue weighted by Gasteiger charge is -2.30. The number of aryl methyl sites for hydroxylation is 1. The SMILES string of the molecule is COc1cc(C)cc(OCCC2CN(C)CCN2)c1OC. The second-order valence-corrected chi connectivity index (χ2v) is 5.55. The quantitative estimate of drug-likeness (QED) is 0.865. The third kappa shape index (κ3) is 4.25. The molecule has 1 atom stereocenters. The number of hydrogen-bond acceptors (Lipinski definition) is 5. The number of rotatable bonds is 6. The van der Waals surface area contributed by atoms with Gasteiger partial charge in [0.05, 0.1) is 20.8 Å². The first kappa shape index (κ1) is 15.9. The van der Waals surface area contributed by atoms with Crippen LogP contribution in [0.25, 0.3) is 0 Å². The van der Waals surface area contributed by atoms with Gasteiger partial charge in [-0.3, -0.25) is 0 Å². The van der Waals surface area contributed by atoms with E-state index in [0.717, 1.165) is 37.4 Å². The Balaban J connectivity index is 1.94. The van der Waals surface area contributed by atoms with Crippen molar-refractivity contribution < 1.29 is 14.2 Å². The van der Waals surface area contributed by atoms with Crippen molar-refractivity contribution in [2.24, 2.45) is 0 Å². The van der Waals surface area contributed by atoms with Crippen LogP contribution in [0.3, 0.4) is 0 Å². The van der Waals surface area contributed by atoms with Gasteiger partial charge >= 0.3 is 0 Å². The molecule has 0 radical (unpaired) electrons. The van der Waals surface area contributed by atoms with E-state index in [-0.39, 0.29) is 0 Å². The van der Waals surface area contributed by atoms with Crippen LogP contribution in [0.4, 0.5) is 0 Å². The molecule has 1 aromatic rings. The highest BCUT2D eigenvalue weighted by Gasteiger charge is 2.17. The molecule has 0 aromatic heterocycles. The van der Waals surface area contributed by atoms with Crippen LogP contribution in [0.5, 0.6) is 17.2 Å². The normalized spacial score (nSPS) is 19.3. The molecule has 2 rings (SSSR count). The number of nitrogens with zero attached hydrogens (tertiary/aromatic N) is 1. The van der Waals surface area contributed by atoms with E-state index in [2.05, 4.69) is 17.3 Å². The zero-order valence-corrected chi connectivity index (χ0v) is 13.4. The van der Waals surface area contributed by atoms with E-state index in [0.29, 0.717) is 24.1 Å². The van der Waals surface area contributed by atoms with Crippen LogP contribution < -0.4 is 19.5 Å². The van der Waals surface area contributed by atoms with Gasteiger partial charge in [-0.15, -0.1) is 0 Å². The molecule has 1 aromatic carbocycles. The molecule has 1 fully saturated rings. The van der Waals surface area contributed by atoms with Gasteiger partial charge in [-0.25, -0.2) is 0 Å². The smallest absolute Gasteiger partial charge is 0.203 e. The number of benzene rings is 1. The standard InChI is InChI=1S/C16H26N2O3/c1-12-9-14(19-3)16(20-4)15(10-12)21-8-5-13-11-18(2)7-6-17-13/h9-10,13,17H,5-8,11H2,1-4H3. The van der Waals surface area contributed by atoms with Gasteiger partial charge in [0.2, 0.25) is 5.75 Å². The fraction of sp³-hybridized carbons (Fsp3) is 0.625. The Kier molecular flexibility index (Phi) is 5.70. The zero-order chi connectivity index (χ0) is 15.2. The van der Waals surface area contributed by atoms with Gasteiger partial charge in [0.15, 0.2) is 11.5 Å². The van der Waals surface area contributed by atoms with E-state index in [9.17, 15) is 0 Å². The van der Waals surface area contributed by atoms with Crippen LogP contribution in [0, 0.1) is 6.92 Å². The van der Waals surface area contributed by atoms with Crippen molar-refractivity contribution >= 4 is 0 Å². The first-order chi connectivity index (χ1) is 10.1. The lowest BCUT2D eigenvalue weighted by atomic mass is 10.1. The largest absolute Gasteiger partial charge is 0.493 e. The Bertz CT molecular complexity index is 465. The van der Waals surface area contributed by atoms with E-state index in [4.69, 9.17) is 14.2 Å². The number of likely N-dealkylation sites (N-methyl/N-ethyl adjacent to an activating group) is 1. The van der Waals surface area contributed by atoms with E-state index < -0.39 is 0 Å². The van der Waals surface area contributed by atoms with Crippen LogP contribution in [0.2, 0.25) is 0 Å². The van der Waals surface area contributed by atoms with Crippen molar-refractivity contribution in [1.29, 1.82) is 0 Å². The predicted molar refractivity (Wildman–Crippen MR) is 83.7 cm³/mol. The van der Waals surface area contributed by atoms with Crippen molar-refractivity contribution in [1.82, 2.24) is 10.2 Å². The minimum Gasteiger partial charge on any atom is -0.493 e.